The minimum Gasteiger partial charge on any atom is -0.353 e. The summed E-state index contributed by atoms with van der Waals surface area (Å²) in [5.41, 5.74) is 0. The highest BCUT2D eigenvalue weighted by molar-refractivity contribution is 4.80. The predicted octanol–water partition coefficient (Wildman–Crippen LogP) is 6.42. The monoisotopic (exact) mass is 310 g/mol. The van der Waals surface area contributed by atoms with Crippen LogP contribution >= 0.6 is 0 Å². The lowest BCUT2D eigenvalue weighted by Gasteiger charge is -2.18. The van der Waals surface area contributed by atoms with E-state index in [0.29, 0.717) is 0 Å². The number of hydrogen-bond acceptors (Lipinski definition) is 2. The molecule has 2 heteroatoms. The fourth-order valence-electron chi connectivity index (χ4n) is 2.18. The van der Waals surface area contributed by atoms with E-state index in [1.165, 1.54) is 25.7 Å². The van der Waals surface area contributed by atoms with E-state index < -0.39 is 0 Å². The smallest absolute Gasteiger partial charge is 0.157 e. The number of ether oxygens (including phenoxy) is 2. The van der Waals surface area contributed by atoms with E-state index in [4.69, 9.17) is 9.47 Å². The van der Waals surface area contributed by atoms with Crippen LogP contribution in [0.15, 0.2) is 24.3 Å². The molecule has 0 N–H and O–H groups in total. The molecule has 0 aliphatic carbocycles. The van der Waals surface area contributed by atoms with Gasteiger partial charge < -0.3 is 9.47 Å². The summed E-state index contributed by atoms with van der Waals surface area (Å²) in [5.74, 6) is 0. The third-order valence-electron chi connectivity index (χ3n) is 3.47. The Kier molecular flexibility index (Phi) is 17.9. The fraction of sp³-hybridized carbons (Fsp3) is 0.800. The summed E-state index contributed by atoms with van der Waals surface area (Å²) in [6, 6.07) is 0. The van der Waals surface area contributed by atoms with Crippen LogP contribution in [0.2, 0.25) is 0 Å². The molecule has 2 nitrogen and oxygen atoms in total. The maximum absolute atomic E-state index is 5.87. The second-order valence-corrected chi connectivity index (χ2v) is 5.71. The van der Waals surface area contributed by atoms with Gasteiger partial charge in [0.1, 0.15) is 0 Å². The molecule has 22 heavy (non-hydrogen) atoms. The fourth-order valence-corrected chi connectivity index (χ4v) is 2.18. The number of rotatable bonds is 16. The van der Waals surface area contributed by atoms with Gasteiger partial charge in [-0.1, -0.05) is 51.5 Å². The molecule has 0 amide bonds. The lowest BCUT2D eigenvalue weighted by Crippen LogP contribution is -2.18. The van der Waals surface area contributed by atoms with Crippen molar-refractivity contribution in [1.29, 1.82) is 0 Å². The van der Waals surface area contributed by atoms with Crippen molar-refractivity contribution in [2.75, 3.05) is 13.2 Å². The zero-order valence-corrected chi connectivity index (χ0v) is 15.2. The Morgan fingerprint density at radius 3 is 1.59 bits per heavy atom. The first kappa shape index (κ1) is 21.4. The molecule has 0 bridgehead atoms. The lowest BCUT2D eigenvalue weighted by molar-refractivity contribution is -0.147. The molecule has 0 saturated carbocycles. The van der Waals surface area contributed by atoms with Crippen LogP contribution in [0.4, 0.5) is 0 Å². The largest absolute Gasteiger partial charge is 0.353 e. The molecule has 0 atom stereocenters. The van der Waals surface area contributed by atoms with Crippen molar-refractivity contribution in [2.24, 2.45) is 0 Å². The van der Waals surface area contributed by atoms with Gasteiger partial charge in [0.05, 0.1) is 0 Å². The third kappa shape index (κ3) is 15.8. The summed E-state index contributed by atoms with van der Waals surface area (Å²) in [6.07, 6.45) is 20.4. The molecule has 0 aromatic carbocycles. The van der Waals surface area contributed by atoms with Crippen LogP contribution in [0, 0.1) is 0 Å². The molecular formula is C20H38O2. The topological polar surface area (TPSA) is 18.5 Å². The lowest BCUT2D eigenvalue weighted by atomic mass is 10.2. The number of hydrogen-bond donors (Lipinski definition) is 0. The van der Waals surface area contributed by atoms with Crippen molar-refractivity contribution in [1.82, 2.24) is 0 Å². The summed E-state index contributed by atoms with van der Waals surface area (Å²) in [4.78, 5) is 0. The van der Waals surface area contributed by atoms with Crippen molar-refractivity contribution >= 4 is 0 Å². The SMILES string of the molecule is CC/C=C\CCCCOC(CCC)OCCCC/C=C\CC. The van der Waals surface area contributed by atoms with Crippen molar-refractivity contribution in [2.45, 2.75) is 91.3 Å². The molecule has 0 aliphatic rings. The van der Waals surface area contributed by atoms with Crippen molar-refractivity contribution in [3.8, 4) is 0 Å². The van der Waals surface area contributed by atoms with Gasteiger partial charge in [-0.3, -0.25) is 0 Å². The third-order valence-corrected chi connectivity index (χ3v) is 3.47. The molecule has 0 radical (unpaired) electrons. The van der Waals surface area contributed by atoms with Gasteiger partial charge >= 0.3 is 0 Å². The second kappa shape index (κ2) is 18.4. The quantitative estimate of drug-likeness (QED) is 0.186. The molecule has 0 rings (SSSR count). The second-order valence-electron chi connectivity index (χ2n) is 5.71. The van der Waals surface area contributed by atoms with Gasteiger partial charge in [0.2, 0.25) is 0 Å². The van der Waals surface area contributed by atoms with E-state index in [2.05, 4.69) is 45.1 Å². The molecule has 130 valence electrons. The first-order valence-electron chi connectivity index (χ1n) is 9.38. The zero-order chi connectivity index (χ0) is 16.3. The normalized spacial score (nSPS) is 12.2. The first-order chi connectivity index (χ1) is 10.8. The highest BCUT2D eigenvalue weighted by Crippen LogP contribution is 2.08. The standard InChI is InChI=1S/C20H38O2/c1-4-7-9-11-13-15-18-21-20(17-6-3)22-19-16-14-12-10-8-5-2/h7-10,20H,4-6,11-19H2,1-3H3/b9-7-,10-8-. The molecule has 0 heterocycles. The average molecular weight is 311 g/mol. The molecule has 0 aromatic heterocycles. The molecule has 0 saturated heterocycles. The summed E-state index contributed by atoms with van der Waals surface area (Å²) in [7, 11) is 0. The van der Waals surface area contributed by atoms with E-state index >= 15 is 0 Å². The van der Waals surface area contributed by atoms with Crippen molar-refractivity contribution in [3.63, 3.8) is 0 Å². The Labute approximate surface area is 139 Å². The van der Waals surface area contributed by atoms with Gasteiger partial charge in [-0.05, 0) is 57.8 Å². The molecule has 0 spiro atoms. The first-order valence-corrected chi connectivity index (χ1v) is 9.38. The van der Waals surface area contributed by atoms with E-state index in [1.807, 2.05) is 0 Å². The van der Waals surface area contributed by atoms with E-state index in [0.717, 1.165) is 51.7 Å². The highest BCUT2D eigenvalue weighted by atomic mass is 16.7. The Morgan fingerprint density at radius 2 is 1.18 bits per heavy atom. The van der Waals surface area contributed by atoms with E-state index in [1.54, 1.807) is 0 Å². The van der Waals surface area contributed by atoms with Gasteiger partial charge in [0, 0.05) is 13.2 Å². The van der Waals surface area contributed by atoms with Crippen LogP contribution in [0.3, 0.4) is 0 Å². The molecule has 0 fully saturated rings. The maximum Gasteiger partial charge on any atom is 0.157 e. The Balaban J connectivity index is 3.55. The van der Waals surface area contributed by atoms with Gasteiger partial charge in [-0.15, -0.1) is 0 Å². The van der Waals surface area contributed by atoms with Crippen LogP contribution in [-0.2, 0) is 9.47 Å². The summed E-state index contributed by atoms with van der Waals surface area (Å²) >= 11 is 0. The van der Waals surface area contributed by atoms with Gasteiger partial charge in [-0.25, -0.2) is 0 Å². The summed E-state index contributed by atoms with van der Waals surface area (Å²) in [5, 5.41) is 0. The molecule has 0 unspecified atom stereocenters. The van der Waals surface area contributed by atoms with Crippen LogP contribution in [0.1, 0.15) is 85.0 Å². The molecular weight excluding hydrogens is 272 g/mol. The summed E-state index contributed by atoms with van der Waals surface area (Å²) in [6.45, 7) is 8.18. The number of unbranched alkanes of at least 4 members (excludes halogenated alkanes) is 4. The predicted molar refractivity (Wildman–Crippen MR) is 97.2 cm³/mol. The summed E-state index contributed by atoms with van der Waals surface area (Å²) < 4.78 is 11.7. The average Bonchev–Trinajstić information content (AvgIpc) is 2.53. The Bertz CT molecular complexity index is 234. The minimum absolute atomic E-state index is 0.00219. The van der Waals surface area contributed by atoms with Crippen LogP contribution in [-0.4, -0.2) is 19.5 Å². The van der Waals surface area contributed by atoms with E-state index in [-0.39, 0.29) is 6.29 Å². The zero-order valence-electron chi connectivity index (χ0n) is 15.2. The number of allylic oxidation sites excluding steroid dienone is 4. The van der Waals surface area contributed by atoms with E-state index in [9.17, 15) is 0 Å². The minimum atomic E-state index is 0.00219. The molecule has 0 aliphatic heterocycles. The maximum atomic E-state index is 5.87. The van der Waals surface area contributed by atoms with Crippen LogP contribution < -0.4 is 0 Å². The van der Waals surface area contributed by atoms with Gasteiger partial charge in [0.25, 0.3) is 0 Å². The Morgan fingerprint density at radius 1 is 0.682 bits per heavy atom. The van der Waals surface area contributed by atoms with Crippen molar-refractivity contribution < 1.29 is 9.47 Å². The van der Waals surface area contributed by atoms with Crippen molar-refractivity contribution in [3.05, 3.63) is 24.3 Å². The van der Waals surface area contributed by atoms with Gasteiger partial charge in [-0.2, -0.15) is 0 Å². The Hall–Kier alpha value is -0.600. The van der Waals surface area contributed by atoms with Gasteiger partial charge in [0.15, 0.2) is 6.29 Å². The van der Waals surface area contributed by atoms with Crippen LogP contribution in [0.25, 0.3) is 0 Å². The van der Waals surface area contributed by atoms with Crippen LogP contribution in [0.5, 0.6) is 0 Å². The molecule has 0 aromatic rings. The highest BCUT2D eigenvalue weighted by Gasteiger charge is 2.07.